The molecule has 3 aliphatic heterocycles. The number of nitrogens with one attached hydrogen (secondary N) is 1. The molecule has 7 atom stereocenters. The van der Waals surface area contributed by atoms with E-state index in [0.29, 0.717) is 23.6 Å². The Bertz CT molecular complexity index is 1240. The van der Waals surface area contributed by atoms with Crippen molar-refractivity contribution in [3.05, 3.63) is 65.2 Å². The molecule has 1 spiro atoms. The fraction of sp³-hybridized carbons (Fsp3) is 0.483. The van der Waals surface area contributed by atoms with Crippen LogP contribution < -0.4 is 5.32 Å². The van der Waals surface area contributed by atoms with Crippen LogP contribution in [0, 0.1) is 17.8 Å². The quantitative estimate of drug-likeness (QED) is 0.497. The van der Waals surface area contributed by atoms with Crippen LogP contribution in [0.25, 0.3) is 0 Å². The van der Waals surface area contributed by atoms with Crippen LogP contribution in [0.4, 0.5) is 5.69 Å². The number of halogens is 1. The van der Waals surface area contributed by atoms with Gasteiger partial charge in [0.25, 0.3) is 0 Å². The molecule has 3 unspecified atom stereocenters. The van der Waals surface area contributed by atoms with Crippen molar-refractivity contribution in [1.29, 1.82) is 0 Å². The summed E-state index contributed by atoms with van der Waals surface area (Å²) < 4.78 is 12.1. The molecule has 38 heavy (non-hydrogen) atoms. The van der Waals surface area contributed by atoms with Gasteiger partial charge in [-0.2, -0.15) is 0 Å². The zero-order valence-electron chi connectivity index (χ0n) is 21.7. The summed E-state index contributed by atoms with van der Waals surface area (Å²) in [5.41, 5.74) is -0.899. The van der Waals surface area contributed by atoms with Crippen LogP contribution >= 0.6 is 11.6 Å². The molecule has 3 aliphatic rings. The highest BCUT2D eigenvalue weighted by Crippen LogP contribution is 2.65. The Kier molecular flexibility index (Phi) is 7.00. The van der Waals surface area contributed by atoms with Crippen molar-refractivity contribution in [2.75, 3.05) is 18.5 Å². The van der Waals surface area contributed by atoms with Gasteiger partial charge in [-0.25, -0.2) is 0 Å². The van der Waals surface area contributed by atoms with Crippen molar-refractivity contribution < 1.29 is 29.0 Å². The highest BCUT2D eigenvalue weighted by Gasteiger charge is 2.80. The lowest BCUT2D eigenvalue weighted by molar-refractivity contribution is -0.161. The molecule has 0 aliphatic carbocycles. The second kappa shape index (κ2) is 9.98. The molecule has 3 heterocycles. The molecule has 2 amide bonds. The van der Waals surface area contributed by atoms with Crippen molar-refractivity contribution in [2.24, 2.45) is 17.8 Å². The summed E-state index contributed by atoms with van der Waals surface area (Å²) in [6.07, 6.45) is 0.745. The third kappa shape index (κ3) is 4.01. The molecule has 2 N–H and O–H groups in total. The number of para-hydroxylation sites is 1. The summed E-state index contributed by atoms with van der Waals surface area (Å²) in [6, 6.07) is 14.5. The number of aliphatic hydroxyl groups excluding tert-OH is 1. The van der Waals surface area contributed by atoms with E-state index in [9.17, 15) is 19.5 Å². The number of likely N-dealkylation sites (tertiary alicyclic amines) is 1. The number of carbonyl (C=O) groups is 3. The van der Waals surface area contributed by atoms with Crippen LogP contribution in [0.5, 0.6) is 0 Å². The van der Waals surface area contributed by atoms with E-state index in [0.717, 1.165) is 5.56 Å². The minimum absolute atomic E-state index is 0.113. The molecule has 3 saturated heterocycles. The van der Waals surface area contributed by atoms with Crippen LogP contribution in [-0.2, 0) is 30.3 Å². The van der Waals surface area contributed by atoms with E-state index in [1.807, 2.05) is 44.2 Å². The first-order chi connectivity index (χ1) is 18.2. The zero-order valence-corrected chi connectivity index (χ0v) is 22.5. The highest BCUT2D eigenvalue weighted by molar-refractivity contribution is 6.33. The molecule has 2 bridgehead atoms. The molecule has 0 radical (unpaired) electrons. The molecule has 0 aromatic heterocycles. The van der Waals surface area contributed by atoms with E-state index >= 15 is 0 Å². The SMILES string of the molecule is CCOC(=O)[C@@H]1[C@H]2C(=O)N([C@@H](CO)Cc3ccccc3)C(C(=O)Nc3ccccc3Cl)C23CC(C)[C@@]1(C)O3. The topological polar surface area (TPSA) is 105 Å². The molecule has 2 aromatic rings. The number of amides is 2. The van der Waals surface area contributed by atoms with E-state index in [2.05, 4.69) is 5.32 Å². The number of hydrogen-bond donors (Lipinski definition) is 2. The van der Waals surface area contributed by atoms with Crippen LogP contribution in [0.3, 0.4) is 0 Å². The summed E-state index contributed by atoms with van der Waals surface area (Å²) in [5, 5.41) is 13.8. The van der Waals surface area contributed by atoms with Crippen molar-refractivity contribution in [1.82, 2.24) is 4.90 Å². The Balaban J connectivity index is 1.60. The minimum Gasteiger partial charge on any atom is -0.466 e. The van der Waals surface area contributed by atoms with E-state index in [-0.39, 0.29) is 25.0 Å². The van der Waals surface area contributed by atoms with Gasteiger partial charge in [0.1, 0.15) is 17.6 Å². The minimum atomic E-state index is -1.25. The number of aliphatic hydroxyl groups is 1. The van der Waals surface area contributed by atoms with Crippen molar-refractivity contribution in [3.63, 3.8) is 0 Å². The van der Waals surface area contributed by atoms with Crippen LogP contribution in [0.15, 0.2) is 54.6 Å². The first kappa shape index (κ1) is 26.7. The van der Waals surface area contributed by atoms with E-state index in [1.165, 1.54) is 4.90 Å². The van der Waals surface area contributed by atoms with Gasteiger partial charge in [0.15, 0.2) is 0 Å². The van der Waals surface area contributed by atoms with Crippen LogP contribution in [0.2, 0.25) is 5.02 Å². The number of anilines is 1. The average molecular weight is 541 g/mol. The van der Waals surface area contributed by atoms with Crippen LogP contribution in [-0.4, -0.2) is 64.3 Å². The van der Waals surface area contributed by atoms with Gasteiger partial charge in [0.05, 0.1) is 41.5 Å². The smallest absolute Gasteiger partial charge is 0.312 e. The molecule has 9 heteroatoms. The lowest BCUT2D eigenvalue weighted by Gasteiger charge is -2.37. The molecule has 202 valence electrons. The molecule has 5 rings (SSSR count). The Morgan fingerprint density at radius 1 is 1.21 bits per heavy atom. The Morgan fingerprint density at radius 3 is 2.55 bits per heavy atom. The third-order valence-corrected chi connectivity index (χ3v) is 8.92. The van der Waals surface area contributed by atoms with Crippen molar-refractivity contribution >= 4 is 35.1 Å². The van der Waals surface area contributed by atoms with Gasteiger partial charge in [-0.1, -0.05) is 61.0 Å². The monoisotopic (exact) mass is 540 g/mol. The number of fused-ring (bicyclic) bond motifs is 1. The second-order valence-corrected chi connectivity index (χ2v) is 11.1. The Hall–Kier alpha value is -2.94. The number of ether oxygens (including phenoxy) is 2. The Morgan fingerprint density at radius 2 is 1.89 bits per heavy atom. The number of nitrogens with zero attached hydrogens (tertiary/aromatic N) is 1. The maximum atomic E-state index is 14.3. The van der Waals surface area contributed by atoms with Gasteiger partial charge < -0.3 is 24.8 Å². The number of hydrogen-bond acceptors (Lipinski definition) is 6. The average Bonchev–Trinajstić information content (AvgIpc) is 3.41. The molecule has 0 saturated carbocycles. The van der Waals surface area contributed by atoms with Crippen molar-refractivity contribution in [3.8, 4) is 0 Å². The summed E-state index contributed by atoms with van der Waals surface area (Å²) in [5.74, 6) is -3.24. The largest absolute Gasteiger partial charge is 0.466 e. The van der Waals surface area contributed by atoms with Gasteiger partial charge >= 0.3 is 5.97 Å². The number of carbonyl (C=O) groups excluding carboxylic acids is 3. The lowest BCUT2D eigenvalue weighted by Crippen LogP contribution is -2.57. The number of esters is 1. The zero-order chi connectivity index (χ0) is 27.2. The van der Waals surface area contributed by atoms with Gasteiger partial charge in [0.2, 0.25) is 11.8 Å². The van der Waals surface area contributed by atoms with Gasteiger partial charge in [-0.05, 0) is 50.3 Å². The van der Waals surface area contributed by atoms with Crippen LogP contribution in [0.1, 0.15) is 32.8 Å². The third-order valence-electron chi connectivity index (χ3n) is 8.59. The summed E-state index contributed by atoms with van der Waals surface area (Å²) in [4.78, 5) is 43.1. The molecular weight excluding hydrogens is 508 g/mol. The fourth-order valence-electron chi connectivity index (χ4n) is 6.86. The molecule has 3 fully saturated rings. The van der Waals surface area contributed by atoms with E-state index in [1.54, 1.807) is 31.2 Å². The lowest BCUT2D eigenvalue weighted by atomic mass is 9.62. The summed E-state index contributed by atoms with van der Waals surface area (Å²) >= 11 is 6.34. The molecule has 8 nitrogen and oxygen atoms in total. The normalized spacial score (nSPS) is 32.2. The first-order valence-corrected chi connectivity index (χ1v) is 13.4. The predicted octanol–water partition coefficient (Wildman–Crippen LogP) is 3.46. The van der Waals surface area contributed by atoms with Gasteiger partial charge in [-0.3, -0.25) is 14.4 Å². The first-order valence-electron chi connectivity index (χ1n) is 13.1. The van der Waals surface area contributed by atoms with Gasteiger partial charge in [-0.15, -0.1) is 0 Å². The fourth-order valence-corrected chi connectivity index (χ4v) is 7.04. The summed E-state index contributed by atoms with van der Waals surface area (Å²) in [7, 11) is 0. The predicted molar refractivity (Wildman–Crippen MR) is 141 cm³/mol. The van der Waals surface area contributed by atoms with E-state index < -0.39 is 47.0 Å². The highest BCUT2D eigenvalue weighted by atomic mass is 35.5. The Labute approximate surface area is 227 Å². The maximum absolute atomic E-state index is 14.3. The molecular formula is C29H33ClN2O6. The van der Waals surface area contributed by atoms with E-state index in [4.69, 9.17) is 21.1 Å². The number of rotatable bonds is 8. The second-order valence-electron chi connectivity index (χ2n) is 10.7. The molecule has 2 aromatic carbocycles. The number of benzene rings is 2. The summed E-state index contributed by atoms with van der Waals surface area (Å²) in [6.45, 7) is 5.33. The van der Waals surface area contributed by atoms with Gasteiger partial charge in [0, 0.05) is 0 Å². The maximum Gasteiger partial charge on any atom is 0.312 e. The standard InChI is InChI=1S/C29H33ClN2O6/c1-4-37-27(36)23-22-26(35)32(19(16-33)14-18-10-6-5-7-11-18)24(29(22)15-17(2)28(23,3)38-29)25(34)31-21-13-9-8-12-20(21)30/h5-13,17,19,22-24,33H,4,14-16H2,1-3H3,(H,31,34)/t17?,19-,22+,23+,24?,28-,29?/m1/s1. The van der Waals surface area contributed by atoms with Crippen molar-refractivity contribution in [2.45, 2.75) is 56.9 Å².